The van der Waals surface area contributed by atoms with Crippen LogP contribution in [0.3, 0.4) is 0 Å². The van der Waals surface area contributed by atoms with E-state index in [0.29, 0.717) is 23.3 Å². The predicted molar refractivity (Wildman–Crippen MR) is 109 cm³/mol. The number of hydrogen-bond donors (Lipinski definition) is 1. The predicted octanol–water partition coefficient (Wildman–Crippen LogP) is 5.36. The number of carbonyl (C=O) groups excluding carboxylic acids is 1. The van der Waals surface area contributed by atoms with Gasteiger partial charge in [0.15, 0.2) is 5.78 Å². The number of nitrogens with one attached hydrogen (secondary N) is 1. The minimum Gasteiger partial charge on any atom is -0.374 e. The van der Waals surface area contributed by atoms with Gasteiger partial charge in [0.2, 0.25) is 0 Å². The Kier molecular flexibility index (Phi) is 6.78. The molecule has 0 spiro atoms. The van der Waals surface area contributed by atoms with Crippen LogP contribution < -0.4 is 5.32 Å². The van der Waals surface area contributed by atoms with Crippen molar-refractivity contribution in [3.8, 4) is 0 Å². The molecule has 0 fully saturated rings. The topological polar surface area (TPSA) is 64.1 Å². The standard InChI is InChI=1S/C20H18Cl2FN3O2/c1-2-5-28-10-13(27)6-12-3-4-18-14(7-12)20(25-11-24-18)26-19-9-16(22)15(21)8-17(19)23/h3-4,7-9,11H,2,5-6,10H2,1H3,(H,24,25,26). The van der Waals surface area contributed by atoms with Crippen LogP contribution in [0.1, 0.15) is 18.9 Å². The van der Waals surface area contributed by atoms with Gasteiger partial charge in [0.05, 0.1) is 21.2 Å². The molecule has 0 saturated carbocycles. The monoisotopic (exact) mass is 421 g/mol. The van der Waals surface area contributed by atoms with Crippen molar-refractivity contribution in [2.45, 2.75) is 19.8 Å². The number of benzene rings is 2. The molecule has 0 radical (unpaired) electrons. The first-order chi connectivity index (χ1) is 13.5. The van der Waals surface area contributed by atoms with E-state index in [2.05, 4.69) is 15.3 Å². The first-order valence-electron chi connectivity index (χ1n) is 8.72. The molecule has 0 saturated heterocycles. The third kappa shape index (κ3) is 4.95. The summed E-state index contributed by atoms with van der Waals surface area (Å²) in [5.41, 5.74) is 1.60. The van der Waals surface area contributed by atoms with Gasteiger partial charge in [-0.15, -0.1) is 0 Å². The Bertz CT molecular complexity index is 1010. The van der Waals surface area contributed by atoms with Crippen LogP contribution >= 0.6 is 23.2 Å². The van der Waals surface area contributed by atoms with Crippen LogP contribution in [0.4, 0.5) is 15.9 Å². The zero-order valence-corrected chi connectivity index (χ0v) is 16.6. The lowest BCUT2D eigenvalue weighted by atomic mass is 10.1. The fourth-order valence-corrected chi connectivity index (χ4v) is 2.98. The molecule has 0 aliphatic heterocycles. The Balaban J connectivity index is 1.87. The zero-order valence-electron chi connectivity index (χ0n) is 15.1. The van der Waals surface area contributed by atoms with Gasteiger partial charge >= 0.3 is 0 Å². The summed E-state index contributed by atoms with van der Waals surface area (Å²) in [6.45, 7) is 2.62. The van der Waals surface area contributed by atoms with Gasteiger partial charge in [0.25, 0.3) is 0 Å². The van der Waals surface area contributed by atoms with Crippen molar-refractivity contribution < 1.29 is 13.9 Å². The Morgan fingerprint density at radius 2 is 1.96 bits per heavy atom. The number of hydrogen-bond acceptors (Lipinski definition) is 5. The fourth-order valence-electron chi connectivity index (χ4n) is 2.67. The molecule has 0 aliphatic carbocycles. The Morgan fingerprint density at radius 1 is 1.18 bits per heavy atom. The summed E-state index contributed by atoms with van der Waals surface area (Å²) in [4.78, 5) is 20.5. The molecule has 2 aromatic carbocycles. The van der Waals surface area contributed by atoms with Crippen molar-refractivity contribution in [2.75, 3.05) is 18.5 Å². The fraction of sp³-hybridized carbons (Fsp3) is 0.250. The maximum absolute atomic E-state index is 14.2. The van der Waals surface area contributed by atoms with Crippen molar-refractivity contribution in [3.05, 3.63) is 58.1 Å². The third-order valence-electron chi connectivity index (χ3n) is 3.98. The average Bonchev–Trinajstić information content (AvgIpc) is 2.66. The van der Waals surface area contributed by atoms with Crippen LogP contribution in [0.5, 0.6) is 0 Å². The highest BCUT2D eigenvalue weighted by molar-refractivity contribution is 6.42. The number of halogens is 3. The number of Topliss-reactive ketones (excluding diaryl/α,β-unsaturated/α-hetero) is 1. The van der Waals surface area contributed by atoms with Crippen molar-refractivity contribution in [3.63, 3.8) is 0 Å². The molecule has 3 aromatic rings. The quantitative estimate of drug-likeness (QED) is 0.391. The summed E-state index contributed by atoms with van der Waals surface area (Å²) >= 11 is 11.8. The maximum atomic E-state index is 14.2. The second kappa shape index (κ2) is 9.28. The van der Waals surface area contributed by atoms with Gasteiger partial charge in [-0.25, -0.2) is 14.4 Å². The van der Waals surface area contributed by atoms with Gasteiger partial charge < -0.3 is 10.1 Å². The second-order valence-corrected chi connectivity index (χ2v) is 7.03. The van der Waals surface area contributed by atoms with E-state index in [0.717, 1.165) is 18.1 Å². The van der Waals surface area contributed by atoms with E-state index in [1.807, 2.05) is 19.1 Å². The van der Waals surface area contributed by atoms with E-state index in [1.165, 1.54) is 12.4 Å². The van der Waals surface area contributed by atoms with Crippen LogP contribution in [0.25, 0.3) is 10.9 Å². The largest absolute Gasteiger partial charge is 0.374 e. The number of ketones is 1. The number of aromatic nitrogens is 2. The smallest absolute Gasteiger partial charge is 0.162 e. The molecule has 28 heavy (non-hydrogen) atoms. The molecular formula is C20H18Cl2FN3O2. The van der Waals surface area contributed by atoms with E-state index in [4.69, 9.17) is 27.9 Å². The summed E-state index contributed by atoms with van der Waals surface area (Å²) < 4.78 is 19.5. The van der Waals surface area contributed by atoms with E-state index < -0.39 is 5.82 Å². The highest BCUT2D eigenvalue weighted by Crippen LogP contribution is 2.31. The maximum Gasteiger partial charge on any atom is 0.162 e. The minimum atomic E-state index is -0.555. The Labute approximate surface area is 171 Å². The first-order valence-corrected chi connectivity index (χ1v) is 9.48. The second-order valence-electron chi connectivity index (χ2n) is 6.21. The first kappa shape index (κ1) is 20.5. The summed E-state index contributed by atoms with van der Waals surface area (Å²) in [6, 6.07) is 7.96. The molecule has 1 aromatic heterocycles. The average molecular weight is 422 g/mol. The lowest BCUT2D eigenvalue weighted by Gasteiger charge is -2.11. The van der Waals surface area contributed by atoms with Crippen LogP contribution in [0.2, 0.25) is 10.0 Å². The molecular weight excluding hydrogens is 404 g/mol. The number of anilines is 2. The van der Waals surface area contributed by atoms with Gasteiger partial charge in [-0.1, -0.05) is 36.2 Å². The lowest BCUT2D eigenvalue weighted by Crippen LogP contribution is -2.12. The highest BCUT2D eigenvalue weighted by atomic mass is 35.5. The van der Waals surface area contributed by atoms with Crippen LogP contribution in [-0.2, 0) is 16.0 Å². The van der Waals surface area contributed by atoms with Crippen molar-refractivity contribution in [1.29, 1.82) is 0 Å². The minimum absolute atomic E-state index is 0.0188. The van der Waals surface area contributed by atoms with Crippen molar-refractivity contribution >= 4 is 51.4 Å². The lowest BCUT2D eigenvalue weighted by molar-refractivity contribution is -0.122. The molecule has 146 valence electrons. The molecule has 0 atom stereocenters. The van der Waals surface area contributed by atoms with Gasteiger partial charge in [-0.3, -0.25) is 4.79 Å². The van der Waals surface area contributed by atoms with Gasteiger partial charge in [-0.05, 0) is 36.2 Å². The molecule has 0 amide bonds. The molecule has 0 aliphatic rings. The SMILES string of the molecule is CCCOCC(=O)Cc1ccc2ncnc(Nc3cc(Cl)c(Cl)cc3F)c2c1. The van der Waals surface area contributed by atoms with Crippen molar-refractivity contribution in [1.82, 2.24) is 9.97 Å². The van der Waals surface area contributed by atoms with Crippen LogP contribution in [-0.4, -0.2) is 29.0 Å². The summed E-state index contributed by atoms with van der Waals surface area (Å²) in [6.07, 6.45) is 2.47. The number of carbonyl (C=O) groups is 1. The molecule has 5 nitrogen and oxygen atoms in total. The molecule has 0 unspecified atom stereocenters. The molecule has 8 heteroatoms. The molecule has 1 heterocycles. The Morgan fingerprint density at radius 3 is 2.75 bits per heavy atom. The summed E-state index contributed by atoms with van der Waals surface area (Å²) in [5.74, 6) is -0.172. The normalized spacial score (nSPS) is 11.0. The van der Waals surface area contributed by atoms with Crippen LogP contribution in [0, 0.1) is 5.82 Å². The molecule has 0 bridgehead atoms. The van der Waals surface area contributed by atoms with Gasteiger partial charge in [-0.2, -0.15) is 0 Å². The van der Waals surface area contributed by atoms with Gasteiger partial charge in [0, 0.05) is 18.4 Å². The highest BCUT2D eigenvalue weighted by Gasteiger charge is 2.12. The number of fused-ring (bicyclic) bond motifs is 1. The number of ether oxygens (including phenoxy) is 1. The van der Waals surface area contributed by atoms with E-state index in [9.17, 15) is 9.18 Å². The zero-order chi connectivity index (χ0) is 20.1. The van der Waals surface area contributed by atoms with Crippen molar-refractivity contribution in [2.24, 2.45) is 0 Å². The Hall–Kier alpha value is -2.28. The number of nitrogens with zero attached hydrogens (tertiary/aromatic N) is 2. The molecule has 3 rings (SSSR count). The summed E-state index contributed by atoms with van der Waals surface area (Å²) in [5, 5.41) is 3.94. The van der Waals surface area contributed by atoms with E-state index >= 15 is 0 Å². The van der Waals surface area contributed by atoms with Crippen LogP contribution in [0.15, 0.2) is 36.7 Å². The molecule has 1 N–H and O–H groups in total. The van der Waals surface area contributed by atoms with E-state index in [-0.39, 0.29) is 34.5 Å². The number of rotatable bonds is 8. The van der Waals surface area contributed by atoms with Gasteiger partial charge in [0.1, 0.15) is 24.6 Å². The summed E-state index contributed by atoms with van der Waals surface area (Å²) in [7, 11) is 0. The third-order valence-corrected chi connectivity index (χ3v) is 4.70. The van der Waals surface area contributed by atoms with E-state index in [1.54, 1.807) is 6.07 Å².